The Kier molecular flexibility index (Phi) is 4.51. The number of halogens is 1. The van der Waals surface area contributed by atoms with Crippen LogP contribution in [0.15, 0.2) is 27.1 Å². The maximum Gasteiger partial charge on any atom is 0.290 e. The van der Waals surface area contributed by atoms with Gasteiger partial charge in [0.05, 0.1) is 4.88 Å². The van der Waals surface area contributed by atoms with Crippen LogP contribution >= 0.6 is 11.3 Å². The minimum Gasteiger partial charge on any atom is -0.423 e. The first kappa shape index (κ1) is 16.9. The number of aliphatic hydroxyl groups is 1. The summed E-state index contributed by atoms with van der Waals surface area (Å²) in [5, 5.41) is 22.9. The molecular formula is C16H15FN4O4S. The number of hydrogen-bond acceptors (Lipinski definition) is 8. The number of aliphatic hydroxyl groups excluding tert-OH is 1. The first-order chi connectivity index (χ1) is 12.6. The molecule has 3 heterocycles. The van der Waals surface area contributed by atoms with E-state index in [0.29, 0.717) is 28.8 Å². The third-order valence-corrected chi connectivity index (χ3v) is 5.13. The number of amides is 1. The van der Waals surface area contributed by atoms with Crippen molar-refractivity contribution in [2.75, 3.05) is 0 Å². The van der Waals surface area contributed by atoms with Crippen LogP contribution in [0.25, 0.3) is 10.6 Å². The van der Waals surface area contributed by atoms with Crippen LogP contribution in [0.2, 0.25) is 0 Å². The Bertz CT molecular complexity index is 915. The van der Waals surface area contributed by atoms with E-state index in [0.717, 1.165) is 24.2 Å². The van der Waals surface area contributed by atoms with Gasteiger partial charge in [0.15, 0.2) is 5.13 Å². The van der Waals surface area contributed by atoms with Crippen molar-refractivity contribution >= 4 is 17.2 Å². The molecular weight excluding hydrogens is 363 g/mol. The average Bonchev–Trinajstić information content (AvgIpc) is 3.32. The second-order valence-electron chi connectivity index (χ2n) is 6.14. The normalized spacial score (nSPS) is 19.3. The molecule has 1 aliphatic carbocycles. The van der Waals surface area contributed by atoms with Gasteiger partial charge in [0, 0.05) is 18.5 Å². The number of nitrogens with one attached hydrogen (secondary N) is 1. The molecule has 0 saturated heterocycles. The minimum absolute atomic E-state index is 0.0421. The van der Waals surface area contributed by atoms with Gasteiger partial charge in [-0.1, -0.05) is 5.16 Å². The monoisotopic (exact) mass is 378 g/mol. The first-order valence-corrected chi connectivity index (χ1v) is 8.87. The van der Waals surface area contributed by atoms with Gasteiger partial charge in [-0.05, 0) is 30.9 Å². The zero-order chi connectivity index (χ0) is 18.1. The van der Waals surface area contributed by atoms with Crippen LogP contribution in [-0.2, 0) is 13.0 Å². The summed E-state index contributed by atoms with van der Waals surface area (Å²) in [4.78, 5) is 12.8. The van der Waals surface area contributed by atoms with Gasteiger partial charge < -0.3 is 19.4 Å². The fourth-order valence-electron chi connectivity index (χ4n) is 2.91. The molecule has 0 spiro atoms. The Morgan fingerprint density at radius 1 is 1.35 bits per heavy atom. The van der Waals surface area contributed by atoms with Gasteiger partial charge >= 0.3 is 0 Å². The largest absolute Gasteiger partial charge is 0.423 e. The van der Waals surface area contributed by atoms with Gasteiger partial charge in [0.25, 0.3) is 5.91 Å². The topological polar surface area (TPSA) is 114 Å². The Morgan fingerprint density at radius 3 is 2.85 bits per heavy atom. The molecule has 3 aromatic heterocycles. The standard InChI is InChI=1S/C16H15FN4O4S/c17-13-2-1-12(26-13)10-6-11(25-21-10)16(23)18-9-3-8(4-9)5-14-19-20-15(7-22)24-14/h1-2,6,8-9,22H,3-5,7H2,(H,18,23). The molecule has 1 amide bonds. The summed E-state index contributed by atoms with van der Waals surface area (Å²) in [5.41, 5.74) is 0.437. The van der Waals surface area contributed by atoms with E-state index in [1.165, 1.54) is 12.1 Å². The lowest BCUT2D eigenvalue weighted by molar-refractivity contribution is 0.0849. The van der Waals surface area contributed by atoms with Crippen molar-refractivity contribution in [3.05, 3.63) is 40.9 Å². The molecule has 3 aromatic rings. The van der Waals surface area contributed by atoms with E-state index >= 15 is 0 Å². The lowest BCUT2D eigenvalue weighted by atomic mass is 9.78. The zero-order valence-corrected chi connectivity index (χ0v) is 14.3. The predicted molar refractivity (Wildman–Crippen MR) is 87.7 cm³/mol. The van der Waals surface area contributed by atoms with Crippen LogP contribution in [-0.4, -0.2) is 32.4 Å². The number of carbonyl (C=O) groups is 1. The van der Waals surface area contributed by atoms with Gasteiger partial charge in [0.2, 0.25) is 17.5 Å². The van der Waals surface area contributed by atoms with Crippen LogP contribution in [0.1, 0.15) is 35.2 Å². The van der Waals surface area contributed by atoms with Crippen LogP contribution in [0.4, 0.5) is 4.39 Å². The third kappa shape index (κ3) is 3.51. The molecule has 136 valence electrons. The maximum atomic E-state index is 13.1. The van der Waals surface area contributed by atoms with Crippen molar-refractivity contribution in [3.8, 4) is 10.6 Å². The van der Waals surface area contributed by atoms with Crippen molar-refractivity contribution in [2.24, 2.45) is 5.92 Å². The molecule has 1 aliphatic rings. The fraction of sp³-hybridized carbons (Fsp3) is 0.375. The second-order valence-corrected chi connectivity index (χ2v) is 7.17. The molecule has 10 heteroatoms. The molecule has 0 atom stereocenters. The molecule has 2 N–H and O–H groups in total. The predicted octanol–water partition coefficient (Wildman–Crippen LogP) is 2.17. The average molecular weight is 378 g/mol. The van der Waals surface area contributed by atoms with Gasteiger partial charge in [-0.3, -0.25) is 4.79 Å². The molecule has 8 nitrogen and oxygen atoms in total. The highest BCUT2D eigenvalue weighted by Gasteiger charge is 2.32. The Balaban J connectivity index is 1.28. The van der Waals surface area contributed by atoms with Crippen molar-refractivity contribution in [3.63, 3.8) is 0 Å². The Morgan fingerprint density at radius 2 is 2.15 bits per heavy atom. The third-order valence-electron chi connectivity index (χ3n) is 4.24. The van der Waals surface area contributed by atoms with E-state index in [4.69, 9.17) is 14.0 Å². The van der Waals surface area contributed by atoms with Gasteiger partial charge in [-0.15, -0.1) is 21.5 Å². The molecule has 1 fully saturated rings. The number of rotatable bonds is 6. The van der Waals surface area contributed by atoms with Crippen LogP contribution in [0.3, 0.4) is 0 Å². The summed E-state index contributed by atoms with van der Waals surface area (Å²) in [6.45, 7) is -0.270. The number of hydrogen-bond donors (Lipinski definition) is 2. The van der Waals surface area contributed by atoms with E-state index in [9.17, 15) is 9.18 Å². The number of carbonyl (C=O) groups excluding carboxylic acids is 1. The summed E-state index contributed by atoms with van der Waals surface area (Å²) >= 11 is 0.944. The highest BCUT2D eigenvalue weighted by atomic mass is 32.1. The molecule has 0 bridgehead atoms. The van der Waals surface area contributed by atoms with E-state index in [2.05, 4.69) is 20.7 Å². The van der Waals surface area contributed by atoms with Crippen molar-refractivity contribution < 1.29 is 23.2 Å². The van der Waals surface area contributed by atoms with Crippen molar-refractivity contribution in [1.29, 1.82) is 0 Å². The summed E-state index contributed by atoms with van der Waals surface area (Å²) in [5.74, 6) is 0.792. The first-order valence-electron chi connectivity index (χ1n) is 8.06. The number of nitrogens with zero attached hydrogens (tertiary/aromatic N) is 3. The quantitative estimate of drug-likeness (QED) is 0.675. The minimum atomic E-state index is -0.343. The van der Waals surface area contributed by atoms with Crippen molar-refractivity contribution in [1.82, 2.24) is 20.7 Å². The van der Waals surface area contributed by atoms with Crippen LogP contribution < -0.4 is 5.32 Å². The van der Waals surface area contributed by atoms with Gasteiger partial charge in [0.1, 0.15) is 12.3 Å². The van der Waals surface area contributed by atoms with Crippen molar-refractivity contribution in [2.45, 2.75) is 31.9 Å². The molecule has 0 aliphatic heterocycles. The Hall–Kier alpha value is -2.59. The van der Waals surface area contributed by atoms with E-state index in [1.807, 2.05) is 0 Å². The number of thiophene rings is 1. The number of aromatic nitrogens is 3. The maximum absolute atomic E-state index is 13.1. The molecule has 26 heavy (non-hydrogen) atoms. The van der Waals surface area contributed by atoms with Crippen LogP contribution in [0, 0.1) is 11.0 Å². The van der Waals surface area contributed by atoms with E-state index in [-0.39, 0.29) is 35.3 Å². The lowest BCUT2D eigenvalue weighted by Crippen LogP contribution is -2.44. The van der Waals surface area contributed by atoms with Gasteiger partial charge in [-0.2, -0.15) is 4.39 Å². The van der Waals surface area contributed by atoms with E-state index in [1.54, 1.807) is 6.07 Å². The SMILES string of the molecule is O=C(NC1CC(Cc2nnc(CO)o2)C1)c1cc(-c2ccc(F)s2)no1. The molecule has 1 saturated carbocycles. The molecule has 0 radical (unpaired) electrons. The second kappa shape index (κ2) is 6.96. The molecule has 0 aromatic carbocycles. The van der Waals surface area contributed by atoms with E-state index < -0.39 is 0 Å². The molecule has 0 unspecified atom stereocenters. The summed E-state index contributed by atoms with van der Waals surface area (Å²) in [6, 6.07) is 4.48. The summed E-state index contributed by atoms with van der Waals surface area (Å²) in [6.07, 6.45) is 2.20. The van der Waals surface area contributed by atoms with Gasteiger partial charge in [-0.25, -0.2) is 0 Å². The van der Waals surface area contributed by atoms with Crippen LogP contribution in [0.5, 0.6) is 0 Å². The Labute approximate surface area is 151 Å². The lowest BCUT2D eigenvalue weighted by Gasteiger charge is -2.34. The molecule has 4 rings (SSSR count). The summed E-state index contributed by atoms with van der Waals surface area (Å²) < 4.78 is 23.4. The zero-order valence-electron chi connectivity index (χ0n) is 13.5. The smallest absolute Gasteiger partial charge is 0.290 e. The highest BCUT2D eigenvalue weighted by molar-refractivity contribution is 7.13. The summed E-state index contributed by atoms with van der Waals surface area (Å²) in [7, 11) is 0. The highest BCUT2D eigenvalue weighted by Crippen LogP contribution is 2.31. The fourth-order valence-corrected chi connectivity index (χ4v) is 3.59.